The molecule has 1 aliphatic heterocycles. The highest BCUT2D eigenvalue weighted by Gasteiger charge is 2.30. The van der Waals surface area contributed by atoms with E-state index in [0.29, 0.717) is 27.9 Å². The minimum atomic E-state index is -0.433. The van der Waals surface area contributed by atoms with E-state index in [1.165, 1.54) is 23.8 Å². The van der Waals surface area contributed by atoms with Crippen LogP contribution in [-0.4, -0.2) is 36.1 Å². The van der Waals surface area contributed by atoms with Crippen molar-refractivity contribution in [2.24, 2.45) is 4.99 Å². The zero-order valence-electron chi connectivity index (χ0n) is 18.2. The molecule has 0 radical (unpaired) electrons. The number of likely N-dealkylation sites (N-methyl/N-ethyl adjacent to an activating group) is 1. The summed E-state index contributed by atoms with van der Waals surface area (Å²) in [7, 11) is 3.01. The number of carbonyl (C=O) groups is 2. The standard InChI is InChI=1S/C26H22N2O4S/c1-28-24(29)23(33-26(28)27-21-10-6-9-20(16-21)25(30)31-2)15-18-11-13-22(14-12-18)32-17-19-7-4-3-5-8-19/h3-16H,17H2,1-2H3. The first-order valence-corrected chi connectivity index (χ1v) is 11.1. The Hall–Kier alpha value is -3.84. The Morgan fingerprint density at radius 1 is 1.03 bits per heavy atom. The number of ether oxygens (including phenoxy) is 2. The molecule has 0 atom stereocenters. The first-order chi connectivity index (χ1) is 16.0. The second-order valence-corrected chi connectivity index (χ2v) is 8.26. The number of aliphatic imine (C=N–C) groups is 1. The number of methoxy groups -OCH3 is 1. The lowest BCUT2D eigenvalue weighted by Gasteiger charge is -2.07. The Labute approximate surface area is 196 Å². The average Bonchev–Trinajstić information content (AvgIpc) is 3.11. The Balaban J connectivity index is 1.46. The quantitative estimate of drug-likeness (QED) is 0.371. The van der Waals surface area contributed by atoms with Crippen LogP contribution in [-0.2, 0) is 16.1 Å². The maximum absolute atomic E-state index is 12.7. The van der Waals surface area contributed by atoms with Crippen molar-refractivity contribution in [2.45, 2.75) is 6.61 Å². The summed E-state index contributed by atoms with van der Waals surface area (Å²) in [4.78, 5) is 31.1. The number of hydrogen-bond acceptors (Lipinski definition) is 6. The largest absolute Gasteiger partial charge is 0.489 e. The molecule has 0 unspecified atom stereocenters. The second kappa shape index (κ2) is 10.2. The smallest absolute Gasteiger partial charge is 0.337 e. The Bertz CT molecular complexity index is 1220. The predicted molar refractivity (Wildman–Crippen MR) is 130 cm³/mol. The van der Waals surface area contributed by atoms with Gasteiger partial charge in [0, 0.05) is 7.05 Å². The highest BCUT2D eigenvalue weighted by molar-refractivity contribution is 8.18. The van der Waals surface area contributed by atoms with E-state index in [1.807, 2.05) is 60.7 Å². The summed E-state index contributed by atoms with van der Waals surface area (Å²) >= 11 is 1.29. The molecule has 0 aromatic heterocycles. The van der Waals surface area contributed by atoms with Crippen LogP contribution in [0.5, 0.6) is 5.75 Å². The molecule has 166 valence electrons. The zero-order valence-corrected chi connectivity index (χ0v) is 19.0. The van der Waals surface area contributed by atoms with Crippen LogP contribution >= 0.6 is 11.8 Å². The maximum atomic E-state index is 12.7. The third-order valence-corrected chi connectivity index (χ3v) is 5.98. The second-order valence-electron chi connectivity index (χ2n) is 7.25. The van der Waals surface area contributed by atoms with E-state index >= 15 is 0 Å². The molecule has 0 aliphatic carbocycles. The summed E-state index contributed by atoms with van der Waals surface area (Å²) in [5, 5.41) is 0.538. The molecule has 4 rings (SSSR count). The average molecular weight is 459 g/mol. The maximum Gasteiger partial charge on any atom is 0.337 e. The number of benzene rings is 3. The Morgan fingerprint density at radius 2 is 1.79 bits per heavy atom. The van der Waals surface area contributed by atoms with Crippen molar-refractivity contribution >= 4 is 40.6 Å². The number of hydrogen-bond donors (Lipinski definition) is 0. The van der Waals surface area contributed by atoms with Gasteiger partial charge in [0.15, 0.2) is 5.17 Å². The molecule has 1 saturated heterocycles. The molecule has 7 heteroatoms. The molecule has 1 fully saturated rings. The van der Waals surface area contributed by atoms with Gasteiger partial charge in [0.05, 0.1) is 23.3 Å². The van der Waals surface area contributed by atoms with Crippen molar-refractivity contribution in [3.63, 3.8) is 0 Å². The number of amidine groups is 1. The summed E-state index contributed by atoms with van der Waals surface area (Å²) in [6.07, 6.45) is 1.83. The van der Waals surface area contributed by atoms with Gasteiger partial charge in [0.1, 0.15) is 12.4 Å². The summed E-state index contributed by atoms with van der Waals surface area (Å²) in [5.74, 6) is 0.195. The Morgan fingerprint density at radius 3 is 2.52 bits per heavy atom. The van der Waals surface area contributed by atoms with Gasteiger partial charge in [-0.2, -0.15) is 0 Å². The van der Waals surface area contributed by atoms with E-state index in [9.17, 15) is 9.59 Å². The van der Waals surface area contributed by atoms with Crippen LogP contribution in [0.25, 0.3) is 6.08 Å². The molecule has 0 saturated carbocycles. The van der Waals surface area contributed by atoms with E-state index in [4.69, 9.17) is 9.47 Å². The van der Waals surface area contributed by atoms with Crippen molar-refractivity contribution < 1.29 is 19.1 Å². The van der Waals surface area contributed by atoms with Crippen molar-refractivity contribution in [2.75, 3.05) is 14.2 Å². The van der Waals surface area contributed by atoms with E-state index in [2.05, 4.69) is 4.99 Å². The van der Waals surface area contributed by atoms with Gasteiger partial charge < -0.3 is 9.47 Å². The van der Waals surface area contributed by atoms with Gasteiger partial charge in [-0.05, 0) is 59.3 Å². The van der Waals surface area contributed by atoms with Crippen molar-refractivity contribution in [3.8, 4) is 5.75 Å². The molecule has 6 nitrogen and oxygen atoms in total. The fraction of sp³-hybridized carbons (Fsp3) is 0.115. The first kappa shape index (κ1) is 22.4. The number of thioether (sulfide) groups is 1. The number of rotatable bonds is 6. The molecule has 3 aromatic carbocycles. The van der Waals surface area contributed by atoms with E-state index < -0.39 is 5.97 Å². The van der Waals surface area contributed by atoms with E-state index in [-0.39, 0.29) is 5.91 Å². The molecule has 0 spiro atoms. The highest BCUT2D eigenvalue weighted by atomic mass is 32.2. The van der Waals surface area contributed by atoms with Gasteiger partial charge in [-0.15, -0.1) is 0 Å². The highest BCUT2D eigenvalue weighted by Crippen LogP contribution is 2.33. The molecule has 33 heavy (non-hydrogen) atoms. The summed E-state index contributed by atoms with van der Waals surface area (Å²) in [6, 6.07) is 24.4. The van der Waals surface area contributed by atoms with E-state index in [1.54, 1.807) is 31.3 Å². The third kappa shape index (κ3) is 5.51. The zero-order chi connectivity index (χ0) is 23.2. The number of carbonyl (C=O) groups excluding carboxylic acids is 2. The topological polar surface area (TPSA) is 68.2 Å². The van der Waals surface area contributed by atoms with Crippen LogP contribution in [0.15, 0.2) is 88.8 Å². The SMILES string of the molecule is COC(=O)c1cccc(N=C2SC(=Cc3ccc(OCc4ccccc4)cc3)C(=O)N2C)c1. The number of amides is 1. The summed E-state index contributed by atoms with van der Waals surface area (Å²) < 4.78 is 10.6. The fourth-order valence-electron chi connectivity index (χ4n) is 3.13. The summed E-state index contributed by atoms with van der Waals surface area (Å²) in [6.45, 7) is 0.497. The van der Waals surface area contributed by atoms with Crippen LogP contribution in [0.2, 0.25) is 0 Å². The monoisotopic (exact) mass is 458 g/mol. The fourth-order valence-corrected chi connectivity index (χ4v) is 4.12. The Kier molecular flexibility index (Phi) is 6.90. The summed E-state index contributed by atoms with van der Waals surface area (Å²) in [5.41, 5.74) is 2.96. The molecule has 3 aromatic rings. The van der Waals surface area contributed by atoms with E-state index in [0.717, 1.165) is 16.9 Å². The van der Waals surface area contributed by atoms with Gasteiger partial charge in [-0.25, -0.2) is 9.79 Å². The first-order valence-electron chi connectivity index (χ1n) is 10.2. The molecule has 0 bridgehead atoms. The number of nitrogens with zero attached hydrogens (tertiary/aromatic N) is 2. The van der Waals surface area contributed by atoms with Crippen molar-refractivity contribution in [1.82, 2.24) is 4.90 Å². The lowest BCUT2D eigenvalue weighted by atomic mass is 10.2. The molecular formula is C26H22N2O4S. The lowest BCUT2D eigenvalue weighted by molar-refractivity contribution is -0.121. The normalized spacial score (nSPS) is 15.8. The van der Waals surface area contributed by atoms with Crippen LogP contribution in [0.4, 0.5) is 5.69 Å². The van der Waals surface area contributed by atoms with Gasteiger partial charge in [-0.1, -0.05) is 48.5 Å². The van der Waals surface area contributed by atoms with Gasteiger partial charge >= 0.3 is 5.97 Å². The van der Waals surface area contributed by atoms with Gasteiger partial charge in [0.2, 0.25) is 0 Å². The third-order valence-electron chi connectivity index (χ3n) is 4.92. The van der Waals surface area contributed by atoms with Crippen LogP contribution in [0, 0.1) is 0 Å². The molecule has 1 aliphatic rings. The molecule has 1 heterocycles. The minimum absolute atomic E-state index is 0.132. The predicted octanol–water partition coefficient (Wildman–Crippen LogP) is 5.29. The molecule has 0 N–H and O–H groups in total. The van der Waals surface area contributed by atoms with Crippen LogP contribution < -0.4 is 4.74 Å². The van der Waals surface area contributed by atoms with Crippen LogP contribution in [0.3, 0.4) is 0 Å². The number of esters is 1. The minimum Gasteiger partial charge on any atom is -0.489 e. The van der Waals surface area contributed by atoms with Crippen molar-refractivity contribution in [1.29, 1.82) is 0 Å². The van der Waals surface area contributed by atoms with Crippen molar-refractivity contribution in [3.05, 3.63) is 100 Å². The molecule has 1 amide bonds. The van der Waals surface area contributed by atoms with Gasteiger partial charge in [-0.3, -0.25) is 9.69 Å². The van der Waals surface area contributed by atoms with Gasteiger partial charge in [0.25, 0.3) is 5.91 Å². The van der Waals surface area contributed by atoms with Crippen LogP contribution in [0.1, 0.15) is 21.5 Å². The molecular weight excluding hydrogens is 436 g/mol. The lowest BCUT2D eigenvalue weighted by Crippen LogP contribution is -2.23.